The number of rotatable bonds is 1. The molecule has 0 radical (unpaired) electrons. The molecule has 0 atom stereocenters. The van der Waals surface area contributed by atoms with Gasteiger partial charge in [0.1, 0.15) is 6.33 Å². The Hall–Kier alpha value is -1.71. The molecule has 0 aliphatic rings. The molecular formula is C9H10N4. The van der Waals surface area contributed by atoms with E-state index in [0.717, 1.165) is 17.1 Å². The summed E-state index contributed by atoms with van der Waals surface area (Å²) in [4.78, 5) is 4.20. The number of pyridine rings is 1. The molecule has 0 aromatic carbocycles. The normalized spacial score (nSPS) is 10.3. The molecule has 2 aromatic heterocycles. The zero-order valence-electron chi connectivity index (χ0n) is 7.60. The van der Waals surface area contributed by atoms with Crippen molar-refractivity contribution in [2.45, 2.75) is 6.92 Å². The predicted octanol–water partition coefficient (Wildman–Crippen LogP) is 1.19. The van der Waals surface area contributed by atoms with Crippen LogP contribution in [0.15, 0.2) is 24.7 Å². The van der Waals surface area contributed by atoms with Crippen molar-refractivity contribution < 1.29 is 0 Å². The van der Waals surface area contributed by atoms with Crippen molar-refractivity contribution in [1.29, 1.82) is 0 Å². The van der Waals surface area contributed by atoms with Gasteiger partial charge in [-0.1, -0.05) is 0 Å². The SMILES string of the molecule is Cc1ncccc1-c1nncn1C. The summed E-state index contributed by atoms with van der Waals surface area (Å²) in [6, 6.07) is 3.89. The summed E-state index contributed by atoms with van der Waals surface area (Å²) in [5.74, 6) is 0.852. The van der Waals surface area contributed by atoms with E-state index in [-0.39, 0.29) is 0 Å². The highest BCUT2D eigenvalue weighted by Crippen LogP contribution is 2.17. The number of nitrogens with zero attached hydrogens (tertiary/aromatic N) is 4. The highest BCUT2D eigenvalue weighted by Gasteiger charge is 2.06. The maximum absolute atomic E-state index is 4.20. The molecule has 0 saturated carbocycles. The van der Waals surface area contributed by atoms with Crippen LogP contribution in [-0.4, -0.2) is 19.7 Å². The molecular weight excluding hydrogens is 164 g/mol. The molecule has 0 unspecified atom stereocenters. The molecule has 0 saturated heterocycles. The van der Waals surface area contributed by atoms with E-state index in [0.29, 0.717) is 0 Å². The fourth-order valence-electron chi connectivity index (χ4n) is 1.25. The number of aromatic nitrogens is 4. The third-order valence-corrected chi connectivity index (χ3v) is 1.96. The van der Waals surface area contributed by atoms with Crippen LogP contribution in [0, 0.1) is 6.92 Å². The summed E-state index contributed by atoms with van der Waals surface area (Å²) in [5.41, 5.74) is 2.00. The fraction of sp³-hybridized carbons (Fsp3) is 0.222. The molecule has 0 spiro atoms. The smallest absolute Gasteiger partial charge is 0.165 e. The standard InChI is InChI=1S/C9H10N4/c1-7-8(4-3-5-10-7)9-12-11-6-13(9)2/h3-6H,1-2H3. The van der Waals surface area contributed by atoms with Gasteiger partial charge in [-0.05, 0) is 19.1 Å². The number of hydrogen-bond donors (Lipinski definition) is 0. The second-order valence-corrected chi connectivity index (χ2v) is 2.90. The molecule has 0 aliphatic heterocycles. The highest BCUT2D eigenvalue weighted by atomic mass is 15.2. The molecule has 0 aliphatic carbocycles. The molecule has 2 aromatic rings. The Labute approximate surface area is 76.3 Å². The van der Waals surface area contributed by atoms with Crippen LogP contribution in [0.1, 0.15) is 5.69 Å². The van der Waals surface area contributed by atoms with Crippen LogP contribution >= 0.6 is 0 Å². The largest absolute Gasteiger partial charge is 0.317 e. The number of aryl methyl sites for hydroxylation is 2. The summed E-state index contributed by atoms with van der Waals surface area (Å²) < 4.78 is 1.88. The van der Waals surface area contributed by atoms with E-state index >= 15 is 0 Å². The van der Waals surface area contributed by atoms with E-state index in [1.54, 1.807) is 12.5 Å². The van der Waals surface area contributed by atoms with Crippen molar-refractivity contribution in [3.63, 3.8) is 0 Å². The van der Waals surface area contributed by atoms with Gasteiger partial charge in [0.15, 0.2) is 5.82 Å². The second kappa shape index (κ2) is 2.97. The molecule has 0 N–H and O–H groups in total. The summed E-state index contributed by atoms with van der Waals surface area (Å²) in [6.07, 6.45) is 3.46. The van der Waals surface area contributed by atoms with Crippen LogP contribution in [0.5, 0.6) is 0 Å². The molecule has 2 rings (SSSR count). The van der Waals surface area contributed by atoms with Gasteiger partial charge in [0.05, 0.1) is 0 Å². The Morgan fingerprint density at radius 3 is 2.85 bits per heavy atom. The zero-order valence-corrected chi connectivity index (χ0v) is 7.60. The van der Waals surface area contributed by atoms with E-state index in [4.69, 9.17) is 0 Å². The van der Waals surface area contributed by atoms with Crippen LogP contribution in [0.4, 0.5) is 0 Å². The molecule has 66 valence electrons. The number of hydrogen-bond acceptors (Lipinski definition) is 3. The van der Waals surface area contributed by atoms with Gasteiger partial charge in [0.25, 0.3) is 0 Å². The summed E-state index contributed by atoms with van der Waals surface area (Å²) >= 11 is 0. The predicted molar refractivity (Wildman–Crippen MR) is 49.0 cm³/mol. The van der Waals surface area contributed by atoms with Crippen molar-refractivity contribution in [3.05, 3.63) is 30.4 Å². The minimum Gasteiger partial charge on any atom is -0.317 e. The van der Waals surface area contributed by atoms with Crippen molar-refractivity contribution in [2.75, 3.05) is 0 Å². The van der Waals surface area contributed by atoms with Crippen LogP contribution in [0.25, 0.3) is 11.4 Å². The Morgan fingerprint density at radius 1 is 1.38 bits per heavy atom. The van der Waals surface area contributed by atoms with Gasteiger partial charge in [-0.25, -0.2) is 0 Å². The molecule has 0 bridgehead atoms. The maximum Gasteiger partial charge on any atom is 0.165 e. The summed E-state index contributed by atoms with van der Waals surface area (Å²) in [7, 11) is 1.92. The lowest BCUT2D eigenvalue weighted by atomic mass is 10.2. The molecule has 0 amide bonds. The third kappa shape index (κ3) is 1.30. The molecule has 13 heavy (non-hydrogen) atoms. The highest BCUT2D eigenvalue weighted by molar-refractivity contribution is 5.57. The monoisotopic (exact) mass is 174 g/mol. The molecule has 2 heterocycles. The van der Waals surface area contributed by atoms with Gasteiger partial charge in [0.2, 0.25) is 0 Å². The van der Waals surface area contributed by atoms with Gasteiger partial charge in [0, 0.05) is 24.5 Å². The van der Waals surface area contributed by atoms with Crippen LogP contribution in [0.2, 0.25) is 0 Å². The average Bonchev–Trinajstić information content (AvgIpc) is 2.52. The van der Waals surface area contributed by atoms with Crippen molar-refractivity contribution in [1.82, 2.24) is 19.7 Å². The van der Waals surface area contributed by atoms with Crippen LogP contribution < -0.4 is 0 Å². The van der Waals surface area contributed by atoms with Gasteiger partial charge in [-0.2, -0.15) is 0 Å². The third-order valence-electron chi connectivity index (χ3n) is 1.96. The van der Waals surface area contributed by atoms with E-state index in [1.165, 1.54) is 0 Å². The van der Waals surface area contributed by atoms with Gasteiger partial charge in [-0.3, -0.25) is 4.98 Å². The van der Waals surface area contributed by atoms with Crippen molar-refractivity contribution >= 4 is 0 Å². The lowest BCUT2D eigenvalue weighted by Gasteiger charge is -2.02. The molecule has 0 fully saturated rings. The topological polar surface area (TPSA) is 43.6 Å². The van der Waals surface area contributed by atoms with Gasteiger partial charge >= 0.3 is 0 Å². The second-order valence-electron chi connectivity index (χ2n) is 2.90. The Morgan fingerprint density at radius 2 is 2.23 bits per heavy atom. The minimum atomic E-state index is 0.852. The van der Waals surface area contributed by atoms with E-state index in [1.807, 2.05) is 30.7 Å². The van der Waals surface area contributed by atoms with Gasteiger partial charge in [-0.15, -0.1) is 10.2 Å². The minimum absolute atomic E-state index is 0.852. The quantitative estimate of drug-likeness (QED) is 0.652. The van der Waals surface area contributed by atoms with E-state index in [2.05, 4.69) is 15.2 Å². The van der Waals surface area contributed by atoms with Gasteiger partial charge < -0.3 is 4.57 Å². The average molecular weight is 174 g/mol. The Bertz CT molecular complexity index is 419. The van der Waals surface area contributed by atoms with E-state index in [9.17, 15) is 0 Å². The van der Waals surface area contributed by atoms with E-state index < -0.39 is 0 Å². The maximum atomic E-state index is 4.20. The fourth-order valence-corrected chi connectivity index (χ4v) is 1.25. The zero-order chi connectivity index (χ0) is 9.26. The first-order chi connectivity index (χ1) is 6.29. The summed E-state index contributed by atoms with van der Waals surface area (Å²) in [5, 5.41) is 7.84. The molecule has 4 heteroatoms. The van der Waals surface area contributed by atoms with Crippen molar-refractivity contribution in [2.24, 2.45) is 7.05 Å². The lowest BCUT2D eigenvalue weighted by molar-refractivity contribution is 0.916. The first kappa shape index (κ1) is 7.91. The van der Waals surface area contributed by atoms with Crippen molar-refractivity contribution in [3.8, 4) is 11.4 Å². The van der Waals surface area contributed by atoms with Crippen LogP contribution in [-0.2, 0) is 7.05 Å². The molecule has 4 nitrogen and oxygen atoms in total. The Kier molecular flexibility index (Phi) is 1.81. The summed E-state index contributed by atoms with van der Waals surface area (Å²) in [6.45, 7) is 1.96. The van der Waals surface area contributed by atoms with Crippen LogP contribution in [0.3, 0.4) is 0 Å². The Balaban J connectivity index is 2.59. The first-order valence-corrected chi connectivity index (χ1v) is 4.05. The first-order valence-electron chi connectivity index (χ1n) is 4.05. The lowest BCUT2D eigenvalue weighted by Crippen LogP contribution is -1.94.